The molecule has 96 valence electrons. The van der Waals surface area contributed by atoms with Crippen LogP contribution < -0.4 is 0 Å². The highest BCUT2D eigenvalue weighted by molar-refractivity contribution is 5.87. The van der Waals surface area contributed by atoms with E-state index in [1.807, 2.05) is 0 Å². The van der Waals surface area contributed by atoms with E-state index in [0.29, 0.717) is 12.3 Å². The Bertz CT molecular complexity index is 334. The Morgan fingerprint density at radius 2 is 2.06 bits per heavy atom. The molecule has 0 saturated carbocycles. The van der Waals surface area contributed by atoms with E-state index in [4.69, 9.17) is 4.74 Å². The molecule has 1 aromatic rings. The van der Waals surface area contributed by atoms with Gasteiger partial charge in [-0.2, -0.15) is 5.10 Å². The maximum absolute atomic E-state index is 11.4. The van der Waals surface area contributed by atoms with Crippen LogP contribution in [0.5, 0.6) is 0 Å². The van der Waals surface area contributed by atoms with Crippen LogP contribution >= 0.6 is 0 Å². The molecule has 0 aromatic carbocycles. The van der Waals surface area contributed by atoms with Gasteiger partial charge in [-0.3, -0.25) is 5.10 Å². The van der Waals surface area contributed by atoms with Crippen molar-refractivity contribution in [1.29, 1.82) is 0 Å². The normalized spacial score (nSPS) is 10.5. The summed E-state index contributed by atoms with van der Waals surface area (Å²) < 4.78 is 4.88. The van der Waals surface area contributed by atoms with Crippen molar-refractivity contribution in [2.45, 2.75) is 52.4 Å². The van der Waals surface area contributed by atoms with Crippen molar-refractivity contribution in [2.75, 3.05) is 6.61 Å². The third kappa shape index (κ3) is 5.02. The fraction of sp³-hybridized carbons (Fsp3) is 0.692. The first-order valence-electron chi connectivity index (χ1n) is 6.49. The van der Waals surface area contributed by atoms with Crippen LogP contribution in [0.2, 0.25) is 0 Å². The number of esters is 1. The van der Waals surface area contributed by atoms with E-state index in [1.165, 1.54) is 25.7 Å². The highest BCUT2D eigenvalue weighted by Crippen LogP contribution is 2.08. The molecule has 0 amide bonds. The Labute approximate surface area is 103 Å². The molecule has 4 nitrogen and oxygen atoms in total. The summed E-state index contributed by atoms with van der Waals surface area (Å²) in [6.07, 6.45) is 7.19. The fourth-order valence-corrected chi connectivity index (χ4v) is 1.72. The highest BCUT2D eigenvalue weighted by Gasteiger charge is 2.10. The van der Waals surface area contributed by atoms with Gasteiger partial charge < -0.3 is 4.74 Å². The number of aromatic nitrogens is 2. The van der Waals surface area contributed by atoms with E-state index in [2.05, 4.69) is 17.1 Å². The molecule has 1 aromatic heterocycles. The second-order valence-corrected chi connectivity index (χ2v) is 4.16. The number of aromatic amines is 1. The summed E-state index contributed by atoms with van der Waals surface area (Å²) in [5, 5.41) is 6.84. The molecule has 0 radical (unpaired) electrons. The minimum absolute atomic E-state index is 0.346. The summed E-state index contributed by atoms with van der Waals surface area (Å²) in [6, 6.07) is 1.79. The predicted molar refractivity (Wildman–Crippen MR) is 67.0 cm³/mol. The molecule has 0 aliphatic heterocycles. The number of hydrogen-bond acceptors (Lipinski definition) is 3. The lowest BCUT2D eigenvalue weighted by atomic mass is 10.1. The van der Waals surface area contributed by atoms with Crippen LogP contribution in [0.3, 0.4) is 0 Å². The monoisotopic (exact) mass is 238 g/mol. The smallest absolute Gasteiger partial charge is 0.358 e. The molecule has 1 heterocycles. The van der Waals surface area contributed by atoms with Crippen molar-refractivity contribution >= 4 is 5.97 Å². The van der Waals surface area contributed by atoms with Crippen molar-refractivity contribution in [1.82, 2.24) is 10.2 Å². The molecule has 0 atom stereocenters. The van der Waals surface area contributed by atoms with Gasteiger partial charge in [0, 0.05) is 5.69 Å². The molecule has 1 rings (SSSR count). The van der Waals surface area contributed by atoms with Gasteiger partial charge in [0.05, 0.1) is 6.61 Å². The zero-order chi connectivity index (χ0) is 12.5. The Morgan fingerprint density at radius 1 is 1.29 bits per heavy atom. The molecule has 0 saturated heterocycles. The van der Waals surface area contributed by atoms with Crippen molar-refractivity contribution in [3.05, 3.63) is 17.5 Å². The number of aryl methyl sites for hydroxylation is 1. The molecule has 0 fully saturated rings. The van der Waals surface area contributed by atoms with Crippen LogP contribution in [-0.2, 0) is 11.2 Å². The van der Waals surface area contributed by atoms with Crippen LogP contribution in [-0.4, -0.2) is 22.8 Å². The summed E-state index contributed by atoms with van der Waals surface area (Å²) in [7, 11) is 0. The highest BCUT2D eigenvalue weighted by atomic mass is 16.5. The standard InChI is InChI=1S/C13H22N2O2/c1-3-5-6-7-8-9-11-10-12(15-14-11)13(16)17-4-2/h10H,3-9H2,1-2H3,(H,14,15). The number of carbonyl (C=O) groups excluding carboxylic acids is 1. The van der Waals surface area contributed by atoms with Crippen molar-refractivity contribution in [3.8, 4) is 0 Å². The van der Waals surface area contributed by atoms with Gasteiger partial charge in [-0.25, -0.2) is 4.79 Å². The van der Waals surface area contributed by atoms with Crippen LogP contribution in [0.4, 0.5) is 0 Å². The number of nitrogens with one attached hydrogen (secondary N) is 1. The van der Waals surface area contributed by atoms with Gasteiger partial charge >= 0.3 is 5.97 Å². The molecule has 0 unspecified atom stereocenters. The lowest BCUT2D eigenvalue weighted by molar-refractivity contribution is 0.0519. The summed E-state index contributed by atoms with van der Waals surface area (Å²) in [4.78, 5) is 11.4. The number of ether oxygens (including phenoxy) is 1. The Hall–Kier alpha value is -1.32. The van der Waals surface area contributed by atoms with Crippen molar-refractivity contribution in [2.24, 2.45) is 0 Å². The second-order valence-electron chi connectivity index (χ2n) is 4.16. The van der Waals surface area contributed by atoms with E-state index >= 15 is 0 Å². The molecule has 0 spiro atoms. The average Bonchev–Trinajstić information content (AvgIpc) is 2.78. The van der Waals surface area contributed by atoms with E-state index in [1.54, 1.807) is 13.0 Å². The summed E-state index contributed by atoms with van der Waals surface area (Å²) in [5.74, 6) is -0.346. The third-order valence-electron chi connectivity index (χ3n) is 2.67. The van der Waals surface area contributed by atoms with E-state index in [9.17, 15) is 4.79 Å². The van der Waals surface area contributed by atoms with Crippen LogP contribution in [0.15, 0.2) is 6.07 Å². The molecule has 1 N–H and O–H groups in total. The first kappa shape index (κ1) is 13.7. The number of hydrogen-bond donors (Lipinski definition) is 1. The van der Waals surface area contributed by atoms with E-state index in [-0.39, 0.29) is 5.97 Å². The number of rotatable bonds is 8. The van der Waals surface area contributed by atoms with Gasteiger partial charge in [0.1, 0.15) is 0 Å². The first-order valence-corrected chi connectivity index (χ1v) is 6.49. The average molecular weight is 238 g/mol. The van der Waals surface area contributed by atoms with Crippen LogP contribution in [0.1, 0.15) is 62.1 Å². The first-order chi connectivity index (χ1) is 8.27. The van der Waals surface area contributed by atoms with E-state index < -0.39 is 0 Å². The maximum Gasteiger partial charge on any atom is 0.358 e. The Morgan fingerprint density at radius 3 is 2.76 bits per heavy atom. The van der Waals surface area contributed by atoms with Gasteiger partial charge in [-0.1, -0.05) is 32.6 Å². The Balaban J connectivity index is 2.28. The SMILES string of the molecule is CCCCCCCc1cc(C(=O)OCC)n[nH]1. The zero-order valence-corrected chi connectivity index (χ0v) is 10.8. The summed E-state index contributed by atoms with van der Waals surface area (Å²) in [6.45, 7) is 4.39. The van der Waals surface area contributed by atoms with Gasteiger partial charge in [0.15, 0.2) is 5.69 Å². The minimum Gasteiger partial charge on any atom is -0.461 e. The topological polar surface area (TPSA) is 55.0 Å². The maximum atomic E-state index is 11.4. The summed E-state index contributed by atoms with van der Waals surface area (Å²) >= 11 is 0. The molecular weight excluding hydrogens is 216 g/mol. The summed E-state index contributed by atoms with van der Waals surface area (Å²) in [5.41, 5.74) is 1.40. The molecule has 0 aliphatic carbocycles. The Kier molecular flexibility index (Phi) is 6.37. The number of unbranched alkanes of at least 4 members (excludes halogenated alkanes) is 4. The predicted octanol–water partition coefficient (Wildman–Crippen LogP) is 3.10. The van der Waals surface area contributed by atoms with Crippen molar-refractivity contribution in [3.63, 3.8) is 0 Å². The number of carbonyl (C=O) groups is 1. The van der Waals surface area contributed by atoms with Crippen LogP contribution in [0, 0.1) is 0 Å². The number of H-pyrrole nitrogens is 1. The van der Waals surface area contributed by atoms with Crippen molar-refractivity contribution < 1.29 is 9.53 Å². The van der Waals surface area contributed by atoms with Gasteiger partial charge in [-0.15, -0.1) is 0 Å². The minimum atomic E-state index is -0.346. The third-order valence-corrected chi connectivity index (χ3v) is 2.67. The van der Waals surface area contributed by atoms with Crippen LogP contribution in [0.25, 0.3) is 0 Å². The lowest BCUT2D eigenvalue weighted by Gasteiger charge is -1.97. The second kappa shape index (κ2) is 7.87. The zero-order valence-electron chi connectivity index (χ0n) is 10.8. The molecule has 0 aliphatic rings. The van der Waals surface area contributed by atoms with Gasteiger partial charge in [0.2, 0.25) is 0 Å². The molecular formula is C13H22N2O2. The largest absolute Gasteiger partial charge is 0.461 e. The molecule has 4 heteroatoms. The van der Waals surface area contributed by atoms with Gasteiger partial charge in [0.25, 0.3) is 0 Å². The number of nitrogens with zero attached hydrogens (tertiary/aromatic N) is 1. The van der Waals surface area contributed by atoms with Gasteiger partial charge in [-0.05, 0) is 25.8 Å². The molecule has 0 bridgehead atoms. The van der Waals surface area contributed by atoms with E-state index in [0.717, 1.165) is 18.5 Å². The lowest BCUT2D eigenvalue weighted by Crippen LogP contribution is -2.04. The quantitative estimate of drug-likeness (QED) is 0.559. The fourth-order valence-electron chi connectivity index (χ4n) is 1.72. The molecule has 17 heavy (non-hydrogen) atoms.